The Labute approximate surface area is 116 Å². The summed E-state index contributed by atoms with van der Waals surface area (Å²) >= 11 is 0. The van der Waals surface area contributed by atoms with Crippen LogP contribution in [0.5, 0.6) is 0 Å². The Hall–Kier alpha value is -2.43. The fraction of sp³-hybridized carbons (Fsp3) is 0.267. The van der Waals surface area contributed by atoms with Crippen LogP contribution >= 0.6 is 0 Å². The van der Waals surface area contributed by atoms with Gasteiger partial charge in [-0.05, 0) is 17.7 Å². The molecule has 0 saturated heterocycles. The van der Waals surface area contributed by atoms with Crippen molar-refractivity contribution in [3.63, 3.8) is 0 Å². The Morgan fingerprint density at radius 1 is 1.25 bits per heavy atom. The van der Waals surface area contributed by atoms with Gasteiger partial charge in [0.1, 0.15) is 5.82 Å². The lowest BCUT2D eigenvalue weighted by Gasteiger charge is -2.18. The van der Waals surface area contributed by atoms with Crippen LogP contribution in [0.1, 0.15) is 23.7 Å². The molecule has 0 amide bonds. The first-order valence-electron chi connectivity index (χ1n) is 6.55. The topological polar surface area (TPSA) is 66.3 Å². The standard InChI is InChI=1S/C15H15N3O2/c19-15(20)8-11-9-18(10-14-16-6-3-7-17-14)13-5-2-1-4-12(11)13/h1-7,11H,8-10H2,(H,19,20). The van der Waals surface area contributed by atoms with Crippen LogP contribution in [0, 0.1) is 0 Å². The highest BCUT2D eigenvalue weighted by molar-refractivity contribution is 5.71. The third-order valence-electron chi connectivity index (χ3n) is 3.53. The zero-order valence-electron chi connectivity index (χ0n) is 10.9. The number of aromatic nitrogens is 2. The van der Waals surface area contributed by atoms with E-state index in [0.29, 0.717) is 13.1 Å². The molecule has 0 saturated carbocycles. The van der Waals surface area contributed by atoms with Gasteiger partial charge in [0.25, 0.3) is 0 Å². The number of aliphatic carboxylic acids is 1. The number of benzene rings is 1. The van der Waals surface area contributed by atoms with Gasteiger partial charge in [0.2, 0.25) is 0 Å². The molecule has 1 aliphatic rings. The molecule has 5 nitrogen and oxygen atoms in total. The zero-order valence-corrected chi connectivity index (χ0v) is 10.9. The molecule has 2 aromatic rings. The molecule has 0 bridgehead atoms. The Morgan fingerprint density at radius 3 is 2.75 bits per heavy atom. The highest BCUT2D eigenvalue weighted by Gasteiger charge is 2.30. The van der Waals surface area contributed by atoms with Crippen molar-refractivity contribution in [2.24, 2.45) is 0 Å². The lowest BCUT2D eigenvalue weighted by Crippen LogP contribution is -2.23. The minimum Gasteiger partial charge on any atom is -0.481 e. The van der Waals surface area contributed by atoms with E-state index in [1.807, 2.05) is 24.3 Å². The molecule has 20 heavy (non-hydrogen) atoms. The number of carboxylic acids is 1. The van der Waals surface area contributed by atoms with E-state index >= 15 is 0 Å². The fourth-order valence-electron chi connectivity index (χ4n) is 2.70. The van der Waals surface area contributed by atoms with Crippen molar-refractivity contribution in [2.45, 2.75) is 18.9 Å². The maximum absolute atomic E-state index is 11.0. The quantitative estimate of drug-likeness (QED) is 0.920. The van der Waals surface area contributed by atoms with Crippen molar-refractivity contribution in [3.05, 3.63) is 54.1 Å². The summed E-state index contributed by atoms with van der Waals surface area (Å²) in [6.45, 7) is 1.30. The van der Waals surface area contributed by atoms with Crippen molar-refractivity contribution in [1.82, 2.24) is 9.97 Å². The van der Waals surface area contributed by atoms with Gasteiger partial charge in [-0.15, -0.1) is 0 Å². The molecule has 0 aliphatic carbocycles. The van der Waals surface area contributed by atoms with E-state index in [-0.39, 0.29) is 12.3 Å². The fourth-order valence-corrected chi connectivity index (χ4v) is 2.70. The summed E-state index contributed by atoms with van der Waals surface area (Å²) in [7, 11) is 0. The second kappa shape index (κ2) is 5.28. The normalized spacial score (nSPS) is 17.0. The predicted octanol–water partition coefficient (Wildman–Crippen LogP) is 2.06. The second-order valence-electron chi connectivity index (χ2n) is 4.90. The Kier molecular flexibility index (Phi) is 3.33. The molecular formula is C15H15N3O2. The van der Waals surface area contributed by atoms with Gasteiger partial charge in [-0.25, -0.2) is 9.97 Å². The average Bonchev–Trinajstić information content (AvgIpc) is 2.78. The summed E-state index contributed by atoms with van der Waals surface area (Å²) in [4.78, 5) is 21.6. The van der Waals surface area contributed by atoms with E-state index in [1.54, 1.807) is 18.5 Å². The molecule has 102 valence electrons. The number of hydrogen-bond acceptors (Lipinski definition) is 4. The van der Waals surface area contributed by atoms with E-state index in [9.17, 15) is 4.79 Å². The predicted molar refractivity (Wildman–Crippen MR) is 74.5 cm³/mol. The van der Waals surface area contributed by atoms with Gasteiger partial charge < -0.3 is 10.0 Å². The van der Waals surface area contributed by atoms with E-state index in [4.69, 9.17) is 5.11 Å². The van der Waals surface area contributed by atoms with E-state index in [1.165, 1.54) is 0 Å². The number of fused-ring (bicyclic) bond motifs is 1. The lowest BCUT2D eigenvalue weighted by atomic mass is 9.98. The highest BCUT2D eigenvalue weighted by atomic mass is 16.4. The van der Waals surface area contributed by atoms with Crippen molar-refractivity contribution in [2.75, 3.05) is 11.4 Å². The molecule has 0 spiro atoms. The highest BCUT2D eigenvalue weighted by Crippen LogP contribution is 2.38. The van der Waals surface area contributed by atoms with Crippen molar-refractivity contribution in [1.29, 1.82) is 0 Å². The molecular weight excluding hydrogens is 254 g/mol. The number of nitrogens with zero attached hydrogens (tertiary/aromatic N) is 3. The molecule has 0 fully saturated rings. The van der Waals surface area contributed by atoms with Gasteiger partial charge in [0.05, 0.1) is 13.0 Å². The number of carbonyl (C=O) groups is 1. The largest absolute Gasteiger partial charge is 0.481 e. The smallest absolute Gasteiger partial charge is 0.304 e. The average molecular weight is 269 g/mol. The van der Waals surface area contributed by atoms with Crippen LogP contribution in [0.15, 0.2) is 42.7 Å². The molecule has 5 heteroatoms. The van der Waals surface area contributed by atoms with E-state index in [2.05, 4.69) is 14.9 Å². The summed E-state index contributed by atoms with van der Waals surface area (Å²) in [6, 6.07) is 9.75. The third-order valence-corrected chi connectivity index (χ3v) is 3.53. The van der Waals surface area contributed by atoms with E-state index < -0.39 is 5.97 Å². The maximum atomic E-state index is 11.0. The van der Waals surface area contributed by atoms with Crippen LogP contribution in [-0.2, 0) is 11.3 Å². The minimum absolute atomic E-state index is 0.0346. The first kappa shape index (κ1) is 12.6. The van der Waals surface area contributed by atoms with Crippen LogP contribution in [0.3, 0.4) is 0 Å². The molecule has 1 N–H and O–H groups in total. The number of hydrogen-bond donors (Lipinski definition) is 1. The van der Waals surface area contributed by atoms with Gasteiger partial charge in [-0.2, -0.15) is 0 Å². The SMILES string of the molecule is O=C(O)CC1CN(Cc2ncccn2)c2ccccc21. The minimum atomic E-state index is -0.761. The van der Waals surface area contributed by atoms with Crippen LogP contribution in [-0.4, -0.2) is 27.6 Å². The summed E-state index contributed by atoms with van der Waals surface area (Å²) in [6.07, 6.45) is 3.60. The third kappa shape index (κ3) is 2.47. The Balaban J connectivity index is 1.85. The lowest BCUT2D eigenvalue weighted by molar-refractivity contribution is -0.137. The van der Waals surface area contributed by atoms with Gasteiger partial charge in [0.15, 0.2) is 0 Å². The molecule has 1 atom stereocenters. The van der Waals surface area contributed by atoms with Crippen LogP contribution in [0.4, 0.5) is 5.69 Å². The molecule has 0 radical (unpaired) electrons. The van der Waals surface area contributed by atoms with Gasteiger partial charge in [0, 0.05) is 30.5 Å². The summed E-state index contributed by atoms with van der Waals surface area (Å²) in [5.41, 5.74) is 2.19. The molecule has 1 aromatic carbocycles. The van der Waals surface area contributed by atoms with Gasteiger partial charge >= 0.3 is 5.97 Å². The van der Waals surface area contributed by atoms with Crippen LogP contribution in [0.2, 0.25) is 0 Å². The Bertz CT molecular complexity index is 616. The number of rotatable bonds is 4. The Morgan fingerprint density at radius 2 is 2.00 bits per heavy atom. The molecule has 1 aromatic heterocycles. The number of carboxylic acid groups (broad SMARTS) is 1. The van der Waals surface area contributed by atoms with Crippen LogP contribution in [0.25, 0.3) is 0 Å². The van der Waals surface area contributed by atoms with Gasteiger partial charge in [-0.3, -0.25) is 4.79 Å². The van der Waals surface area contributed by atoms with E-state index in [0.717, 1.165) is 17.1 Å². The van der Waals surface area contributed by atoms with Gasteiger partial charge in [-0.1, -0.05) is 18.2 Å². The zero-order chi connectivity index (χ0) is 13.9. The summed E-state index contributed by atoms with van der Waals surface area (Å²) < 4.78 is 0. The molecule has 1 unspecified atom stereocenters. The molecule has 3 rings (SSSR count). The monoisotopic (exact) mass is 269 g/mol. The second-order valence-corrected chi connectivity index (χ2v) is 4.90. The van der Waals surface area contributed by atoms with Crippen LogP contribution < -0.4 is 4.90 Å². The first-order valence-corrected chi connectivity index (χ1v) is 6.55. The van der Waals surface area contributed by atoms with Crippen molar-refractivity contribution < 1.29 is 9.90 Å². The molecule has 1 aliphatic heterocycles. The number of para-hydroxylation sites is 1. The first-order chi connectivity index (χ1) is 9.74. The summed E-state index contributed by atoms with van der Waals surface area (Å²) in [5, 5.41) is 9.03. The summed E-state index contributed by atoms with van der Waals surface area (Å²) in [5.74, 6) is 0.0216. The molecule has 2 heterocycles. The van der Waals surface area contributed by atoms with Crippen molar-refractivity contribution in [3.8, 4) is 0 Å². The van der Waals surface area contributed by atoms with Crippen molar-refractivity contribution >= 4 is 11.7 Å². The maximum Gasteiger partial charge on any atom is 0.304 e. The number of anilines is 1.